The molecule has 0 aliphatic carbocycles. The highest BCUT2D eigenvalue weighted by molar-refractivity contribution is 6.32. The van der Waals surface area contributed by atoms with Gasteiger partial charge in [-0.05, 0) is 24.3 Å². The highest BCUT2D eigenvalue weighted by atomic mass is 35.5. The molecule has 0 saturated carbocycles. The minimum Gasteiger partial charge on any atom is -0.451 e. The Morgan fingerprint density at radius 3 is 2.13 bits per heavy atom. The van der Waals surface area contributed by atoms with E-state index in [1.807, 2.05) is 0 Å². The lowest BCUT2D eigenvalue weighted by molar-refractivity contribution is -0.274. The van der Waals surface area contributed by atoms with Gasteiger partial charge in [-0.3, -0.25) is 4.79 Å². The number of hydrogen-bond donors (Lipinski definition) is 0. The van der Waals surface area contributed by atoms with Crippen molar-refractivity contribution in [2.24, 2.45) is 0 Å². The number of rotatable bonds is 4. The fourth-order valence-corrected chi connectivity index (χ4v) is 1.82. The largest absolute Gasteiger partial charge is 0.573 e. The molecule has 2 rings (SSSR count). The molecule has 0 N–H and O–H groups in total. The second kappa shape index (κ2) is 6.41. The van der Waals surface area contributed by atoms with E-state index in [1.54, 1.807) is 0 Å². The molecule has 3 nitrogen and oxygen atoms in total. The van der Waals surface area contributed by atoms with Crippen molar-refractivity contribution in [2.75, 3.05) is 0 Å². The average molecular weight is 353 g/mol. The summed E-state index contributed by atoms with van der Waals surface area (Å²) >= 11 is 5.59. The Balaban J connectivity index is 2.28. The number of alkyl halides is 3. The summed E-state index contributed by atoms with van der Waals surface area (Å²) in [6.45, 7) is 0. The molecule has 0 aliphatic rings. The van der Waals surface area contributed by atoms with Gasteiger partial charge in [0.2, 0.25) is 0 Å². The Hall–Kier alpha value is -2.35. The van der Waals surface area contributed by atoms with Crippen LogP contribution in [0.4, 0.5) is 22.0 Å². The number of carbonyl (C=O) groups excluding carboxylic acids is 1. The quantitative estimate of drug-likeness (QED) is 0.566. The predicted molar refractivity (Wildman–Crippen MR) is 70.0 cm³/mol. The first-order valence-corrected chi connectivity index (χ1v) is 6.25. The molecule has 0 aliphatic heterocycles. The van der Waals surface area contributed by atoms with E-state index < -0.39 is 34.5 Å². The van der Waals surface area contributed by atoms with Crippen molar-refractivity contribution in [1.82, 2.24) is 0 Å². The van der Waals surface area contributed by atoms with Gasteiger partial charge in [-0.15, -0.1) is 13.2 Å². The summed E-state index contributed by atoms with van der Waals surface area (Å²) in [4.78, 5) is 10.5. The first-order valence-electron chi connectivity index (χ1n) is 5.87. The highest BCUT2D eigenvalue weighted by Gasteiger charge is 2.32. The topological polar surface area (TPSA) is 35.5 Å². The van der Waals surface area contributed by atoms with Gasteiger partial charge < -0.3 is 9.47 Å². The van der Waals surface area contributed by atoms with E-state index in [0.29, 0.717) is 0 Å². The fraction of sp³-hybridized carbons (Fsp3) is 0.0714. The van der Waals surface area contributed by atoms with E-state index in [9.17, 15) is 26.7 Å². The molecule has 0 bridgehead atoms. The van der Waals surface area contributed by atoms with Gasteiger partial charge in [0, 0.05) is 11.6 Å². The van der Waals surface area contributed by atoms with Crippen LogP contribution in [0, 0.1) is 11.6 Å². The van der Waals surface area contributed by atoms with Crippen LogP contribution < -0.4 is 9.47 Å². The Bertz CT molecular complexity index is 723. The Morgan fingerprint density at radius 1 is 1.04 bits per heavy atom. The van der Waals surface area contributed by atoms with E-state index in [-0.39, 0.29) is 17.6 Å². The van der Waals surface area contributed by atoms with Crippen LogP contribution in [-0.4, -0.2) is 12.6 Å². The lowest BCUT2D eigenvalue weighted by Gasteiger charge is -2.12. The van der Waals surface area contributed by atoms with Gasteiger partial charge in [-0.25, -0.2) is 8.78 Å². The van der Waals surface area contributed by atoms with Crippen LogP contribution in [-0.2, 0) is 0 Å². The van der Waals surface area contributed by atoms with Crippen LogP contribution in [0.25, 0.3) is 0 Å². The van der Waals surface area contributed by atoms with Crippen molar-refractivity contribution in [3.8, 4) is 17.2 Å². The highest BCUT2D eigenvalue weighted by Crippen LogP contribution is 2.35. The molecule has 122 valence electrons. The standard InChI is InChI=1S/C14H6ClF5O3/c15-9-5-8(1-2-12(9)23-14(18,19)20)22-13-10(16)3-7(6-21)4-11(13)17/h1-6H. The lowest BCUT2D eigenvalue weighted by Crippen LogP contribution is -2.17. The van der Waals surface area contributed by atoms with Gasteiger partial charge in [-0.2, -0.15) is 0 Å². The first-order chi connectivity index (χ1) is 10.7. The van der Waals surface area contributed by atoms with Crippen molar-refractivity contribution >= 4 is 17.9 Å². The molecule has 0 radical (unpaired) electrons. The molecule has 0 spiro atoms. The third-order valence-corrected chi connectivity index (χ3v) is 2.80. The molecule has 0 heterocycles. The maximum absolute atomic E-state index is 13.7. The van der Waals surface area contributed by atoms with Gasteiger partial charge in [0.25, 0.3) is 0 Å². The zero-order valence-corrected chi connectivity index (χ0v) is 11.7. The third kappa shape index (κ3) is 4.32. The molecule has 0 amide bonds. The molecule has 0 aromatic heterocycles. The van der Waals surface area contributed by atoms with Crippen molar-refractivity contribution in [2.45, 2.75) is 6.36 Å². The van der Waals surface area contributed by atoms with Gasteiger partial charge in [0.05, 0.1) is 5.02 Å². The van der Waals surface area contributed by atoms with Gasteiger partial charge in [0.1, 0.15) is 17.8 Å². The van der Waals surface area contributed by atoms with E-state index >= 15 is 0 Å². The first kappa shape index (κ1) is 17.0. The van der Waals surface area contributed by atoms with Gasteiger partial charge >= 0.3 is 6.36 Å². The van der Waals surface area contributed by atoms with Crippen molar-refractivity contribution in [3.05, 3.63) is 52.6 Å². The number of aldehydes is 1. The van der Waals surface area contributed by atoms with Crippen molar-refractivity contribution in [3.63, 3.8) is 0 Å². The predicted octanol–water partition coefficient (Wildman–Crippen LogP) is 5.12. The van der Waals surface area contributed by atoms with Crippen molar-refractivity contribution in [1.29, 1.82) is 0 Å². The summed E-state index contributed by atoms with van der Waals surface area (Å²) in [5, 5.41) is -0.467. The second-order valence-electron chi connectivity index (χ2n) is 4.17. The van der Waals surface area contributed by atoms with Crippen LogP contribution in [0.5, 0.6) is 17.2 Å². The van der Waals surface area contributed by atoms with E-state index in [2.05, 4.69) is 4.74 Å². The number of carbonyl (C=O) groups is 1. The molecule has 23 heavy (non-hydrogen) atoms. The molecule has 0 saturated heterocycles. The minimum atomic E-state index is -4.94. The number of benzene rings is 2. The normalized spacial score (nSPS) is 11.2. The fourth-order valence-electron chi connectivity index (χ4n) is 1.62. The Labute approximate surface area is 131 Å². The second-order valence-corrected chi connectivity index (χ2v) is 4.58. The van der Waals surface area contributed by atoms with Gasteiger partial charge in [-0.1, -0.05) is 11.6 Å². The molecule has 2 aromatic carbocycles. The number of ether oxygens (including phenoxy) is 2. The van der Waals surface area contributed by atoms with E-state index in [4.69, 9.17) is 16.3 Å². The molecule has 2 aromatic rings. The molecule has 0 fully saturated rings. The molecule has 0 unspecified atom stereocenters. The minimum absolute atomic E-state index is 0.221. The van der Waals surface area contributed by atoms with E-state index in [0.717, 1.165) is 30.3 Å². The van der Waals surface area contributed by atoms with Gasteiger partial charge in [0.15, 0.2) is 17.4 Å². The number of halogens is 6. The Kier molecular flexibility index (Phi) is 4.74. The summed E-state index contributed by atoms with van der Waals surface area (Å²) in [6, 6.07) is 4.21. The van der Waals surface area contributed by atoms with Crippen LogP contribution in [0.3, 0.4) is 0 Å². The third-order valence-electron chi connectivity index (χ3n) is 2.51. The maximum atomic E-state index is 13.7. The van der Waals surface area contributed by atoms with Crippen LogP contribution >= 0.6 is 11.6 Å². The monoisotopic (exact) mass is 352 g/mol. The smallest absolute Gasteiger partial charge is 0.451 e. The van der Waals surface area contributed by atoms with E-state index in [1.165, 1.54) is 0 Å². The Morgan fingerprint density at radius 2 is 1.65 bits per heavy atom. The average Bonchev–Trinajstić information content (AvgIpc) is 2.44. The summed E-state index contributed by atoms with van der Waals surface area (Å²) in [7, 11) is 0. The maximum Gasteiger partial charge on any atom is 0.573 e. The van der Waals surface area contributed by atoms with Crippen LogP contribution in [0.1, 0.15) is 10.4 Å². The summed E-state index contributed by atoms with van der Waals surface area (Å²) < 4.78 is 72.2. The molecule has 0 atom stereocenters. The lowest BCUT2D eigenvalue weighted by atomic mass is 10.2. The zero-order valence-electron chi connectivity index (χ0n) is 11.0. The molecular formula is C14H6ClF5O3. The summed E-state index contributed by atoms with van der Waals surface area (Å²) in [5.74, 6) is -4.04. The molecule has 9 heteroatoms. The number of hydrogen-bond acceptors (Lipinski definition) is 3. The summed E-state index contributed by atoms with van der Waals surface area (Å²) in [5.41, 5.74) is -0.237. The van der Waals surface area contributed by atoms with Crippen LogP contribution in [0.15, 0.2) is 30.3 Å². The van der Waals surface area contributed by atoms with Crippen molar-refractivity contribution < 1.29 is 36.2 Å². The SMILES string of the molecule is O=Cc1cc(F)c(Oc2ccc(OC(F)(F)F)c(Cl)c2)c(F)c1. The van der Waals surface area contributed by atoms with Crippen LogP contribution in [0.2, 0.25) is 5.02 Å². The molecular weight excluding hydrogens is 347 g/mol. The summed E-state index contributed by atoms with van der Waals surface area (Å²) in [6.07, 6.45) is -4.69. The zero-order chi connectivity index (χ0) is 17.2.